The Balaban J connectivity index is 2.44. The molecule has 1 heterocycles. The van der Waals surface area contributed by atoms with Crippen LogP contribution in [0.2, 0.25) is 0 Å². The van der Waals surface area contributed by atoms with Crippen LogP contribution in [-0.4, -0.2) is 53.5 Å². The van der Waals surface area contributed by atoms with Gasteiger partial charge in [0.05, 0.1) is 6.10 Å². The summed E-state index contributed by atoms with van der Waals surface area (Å²) >= 11 is 0. The molecule has 21 heavy (non-hydrogen) atoms. The van der Waals surface area contributed by atoms with Crippen LogP contribution in [-0.2, 0) is 4.74 Å². The van der Waals surface area contributed by atoms with E-state index in [2.05, 4.69) is 12.2 Å². The highest BCUT2D eigenvalue weighted by Gasteiger charge is 2.31. The van der Waals surface area contributed by atoms with Crippen LogP contribution in [0.15, 0.2) is 0 Å². The van der Waals surface area contributed by atoms with Crippen LogP contribution in [0.1, 0.15) is 53.9 Å². The zero-order chi connectivity index (χ0) is 16.0. The van der Waals surface area contributed by atoms with Crippen molar-refractivity contribution in [1.29, 1.82) is 0 Å². The van der Waals surface area contributed by atoms with E-state index >= 15 is 0 Å². The molecule has 5 heteroatoms. The number of amides is 1. The van der Waals surface area contributed by atoms with Crippen molar-refractivity contribution in [2.24, 2.45) is 5.92 Å². The molecule has 1 amide bonds. The molecule has 2 N–H and O–H groups in total. The van der Waals surface area contributed by atoms with Crippen molar-refractivity contribution in [2.45, 2.75) is 71.6 Å². The molecule has 1 rings (SSSR count). The molecule has 5 nitrogen and oxygen atoms in total. The fourth-order valence-corrected chi connectivity index (χ4v) is 2.47. The second-order valence-corrected chi connectivity index (χ2v) is 7.10. The van der Waals surface area contributed by atoms with Crippen LogP contribution < -0.4 is 5.32 Å². The number of nitrogens with one attached hydrogen (secondary N) is 1. The van der Waals surface area contributed by atoms with Gasteiger partial charge in [-0.3, -0.25) is 0 Å². The van der Waals surface area contributed by atoms with Crippen molar-refractivity contribution in [3.05, 3.63) is 0 Å². The first-order valence-corrected chi connectivity index (χ1v) is 8.12. The number of likely N-dealkylation sites (tertiary alicyclic amines) is 1. The average Bonchev–Trinajstić information content (AvgIpc) is 2.38. The Morgan fingerprint density at radius 1 is 1.48 bits per heavy atom. The topological polar surface area (TPSA) is 61.8 Å². The maximum absolute atomic E-state index is 12.1. The Morgan fingerprint density at radius 3 is 2.71 bits per heavy atom. The first-order valence-electron chi connectivity index (χ1n) is 8.12. The van der Waals surface area contributed by atoms with E-state index in [1.54, 1.807) is 4.90 Å². The molecule has 0 radical (unpaired) electrons. The smallest absolute Gasteiger partial charge is 0.410 e. The number of piperidine rings is 1. The first kappa shape index (κ1) is 18.2. The van der Waals surface area contributed by atoms with Crippen molar-refractivity contribution >= 4 is 6.09 Å². The largest absolute Gasteiger partial charge is 0.444 e. The summed E-state index contributed by atoms with van der Waals surface area (Å²) in [7, 11) is 0. The average molecular weight is 300 g/mol. The predicted octanol–water partition coefficient (Wildman–Crippen LogP) is 2.38. The molecule has 3 unspecified atom stereocenters. The number of ether oxygens (including phenoxy) is 1. The van der Waals surface area contributed by atoms with E-state index in [0.717, 1.165) is 32.4 Å². The molecule has 3 atom stereocenters. The summed E-state index contributed by atoms with van der Waals surface area (Å²) in [6, 6.07) is 0.273. The van der Waals surface area contributed by atoms with Crippen molar-refractivity contribution in [2.75, 3.05) is 19.6 Å². The third-order valence-electron chi connectivity index (χ3n) is 3.97. The van der Waals surface area contributed by atoms with Crippen molar-refractivity contribution in [1.82, 2.24) is 10.2 Å². The van der Waals surface area contributed by atoms with Gasteiger partial charge in [0.15, 0.2) is 0 Å². The summed E-state index contributed by atoms with van der Waals surface area (Å²) < 4.78 is 5.44. The number of nitrogens with zero attached hydrogens (tertiary/aromatic N) is 1. The van der Waals surface area contributed by atoms with Crippen molar-refractivity contribution in [3.63, 3.8) is 0 Å². The zero-order valence-corrected chi connectivity index (χ0v) is 14.2. The molecule has 0 aromatic carbocycles. The number of rotatable bonds is 5. The SMILES string of the molecule is CCC(O)CCNC1CN(C(=O)OC(C)(C)C)CCC1C. The molecular weight excluding hydrogens is 268 g/mol. The van der Waals surface area contributed by atoms with Gasteiger partial charge in [0.2, 0.25) is 0 Å². The molecule has 0 aromatic heterocycles. The first-order chi connectivity index (χ1) is 9.73. The molecule has 1 aliphatic rings. The van der Waals surface area contributed by atoms with E-state index in [1.165, 1.54) is 0 Å². The predicted molar refractivity (Wildman–Crippen MR) is 84.3 cm³/mol. The van der Waals surface area contributed by atoms with Crippen LogP contribution >= 0.6 is 0 Å². The molecule has 0 aromatic rings. The van der Waals surface area contributed by atoms with Gasteiger partial charge in [-0.25, -0.2) is 4.79 Å². The van der Waals surface area contributed by atoms with Crippen LogP contribution in [0, 0.1) is 5.92 Å². The van der Waals surface area contributed by atoms with E-state index in [4.69, 9.17) is 4.74 Å². The molecule has 0 bridgehead atoms. The Bertz CT molecular complexity index is 328. The summed E-state index contributed by atoms with van der Waals surface area (Å²) in [5.41, 5.74) is -0.450. The van der Waals surface area contributed by atoms with E-state index in [9.17, 15) is 9.90 Å². The Hall–Kier alpha value is -0.810. The van der Waals surface area contributed by atoms with E-state index in [1.807, 2.05) is 27.7 Å². The van der Waals surface area contributed by atoms with Gasteiger partial charge in [-0.05, 0) is 52.5 Å². The van der Waals surface area contributed by atoms with Crippen LogP contribution in [0.3, 0.4) is 0 Å². The van der Waals surface area contributed by atoms with Gasteiger partial charge in [0.1, 0.15) is 5.60 Å². The number of carbonyl (C=O) groups is 1. The third kappa shape index (κ3) is 6.66. The van der Waals surface area contributed by atoms with Gasteiger partial charge >= 0.3 is 6.09 Å². The lowest BCUT2D eigenvalue weighted by atomic mass is 9.93. The van der Waals surface area contributed by atoms with Gasteiger partial charge in [-0.15, -0.1) is 0 Å². The summed E-state index contributed by atoms with van der Waals surface area (Å²) in [5.74, 6) is 0.530. The van der Waals surface area contributed by atoms with E-state index < -0.39 is 5.60 Å². The van der Waals surface area contributed by atoms with Gasteiger partial charge < -0.3 is 20.1 Å². The summed E-state index contributed by atoms with van der Waals surface area (Å²) in [5, 5.41) is 13.1. The molecule has 1 fully saturated rings. The minimum absolute atomic E-state index is 0.227. The maximum Gasteiger partial charge on any atom is 0.410 e. The second kappa shape index (κ2) is 7.99. The number of carbonyl (C=O) groups excluding carboxylic acids is 1. The van der Waals surface area contributed by atoms with E-state index in [0.29, 0.717) is 12.5 Å². The molecule has 0 spiro atoms. The number of hydrogen-bond acceptors (Lipinski definition) is 4. The van der Waals surface area contributed by atoms with E-state index in [-0.39, 0.29) is 18.2 Å². The second-order valence-electron chi connectivity index (χ2n) is 7.10. The van der Waals surface area contributed by atoms with Gasteiger partial charge in [-0.1, -0.05) is 13.8 Å². The number of aliphatic hydroxyl groups excluding tert-OH is 1. The normalized spacial score (nSPS) is 24.8. The van der Waals surface area contributed by atoms with Gasteiger partial charge in [0, 0.05) is 19.1 Å². The molecule has 124 valence electrons. The lowest BCUT2D eigenvalue weighted by Gasteiger charge is -2.38. The quantitative estimate of drug-likeness (QED) is 0.818. The molecule has 0 saturated carbocycles. The van der Waals surface area contributed by atoms with Crippen LogP contribution in [0.25, 0.3) is 0 Å². The molecule has 1 aliphatic heterocycles. The molecular formula is C16H32N2O3. The lowest BCUT2D eigenvalue weighted by Crippen LogP contribution is -2.53. The summed E-state index contributed by atoms with van der Waals surface area (Å²) in [6.07, 6.45) is 2.05. The Labute approximate surface area is 129 Å². The highest BCUT2D eigenvalue weighted by Crippen LogP contribution is 2.19. The molecule has 0 aliphatic carbocycles. The third-order valence-corrected chi connectivity index (χ3v) is 3.97. The van der Waals surface area contributed by atoms with Crippen molar-refractivity contribution < 1.29 is 14.6 Å². The lowest BCUT2D eigenvalue weighted by molar-refractivity contribution is 0.0146. The highest BCUT2D eigenvalue weighted by molar-refractivity contribution is 5.68. The summed E-state index contributed by atoms with van der Waals surface area (Å²) in [4.78, 5) is 13.9. The monoisotopic (exact) mass is 300 g/mol. The minimum Gasteiger partial charge on any atom is -0.444 e. The summed E-state index contributed by atoms with van der Waals surface area (Å²) in [6.45, 7) is 12.1. The zero-order valence-electron chi connectivity index (χ0n) is 14.2. The maximum atomic E-state index is 12.1. The Kier molecular flexibility index (Phi) is 6.94. The van der Waals surface area contributed by atoms with Crippen molar-refractivity contribution in [3.8, 4) is 0 Å². The Morgan fingerprint density at radius 2 is 2.14 bits per heavy atom. The van der Waals surface area contributed by atoms with Crippen LogP contribution in [0.4, 0.5) is 4.79 Å². The molecule has 1 saturated heterocycles. The standard InChI is InChI=1S/C16H32N2O3/c1-6-13(19)7-9-17-14-11-18(10-8-12(14)2)15(20)21-16(3,4)5/h12-14,17,19H,6-11H2,1-5H3. The number of hydrogen-bond donors (Lipinski definition) is 2. The fraction of sp³-hybridized carbons (Fsp3) is 0.938. The fourth-order valence-electron chi connectivity index (χ4n) is 2.47. The minimum atomic E-state index is -0.450. The van der Waals surface area contributed by atoms with Crippen LogP contribution in [0.5, 0.6) is 0 Å². The number of aliphatic hydroxyl groups is 1. The van der Waals surface area contributed by atoms with Gasteiger partial charge in [-0.2, -0.15) is 0 Å². The highest BCUT2D eigenvalue weighted by atomic mass is 16.6. The van der Waals surface area contributed by atoms with Gasteiger partial charge in [0.25, 0.3) is 0 Å².